The molecule has 1 heterocycles. The zero-order valence-corrected chi connectivity index (χ0v) is 16.4. The van der Waals surface area contributed by atoms with Gasteiger partial charge in [0.1, 0.15) is 5.82 Å². The second-order valence-electron chi connectivity index (χ2n) is 6.54. The molecule has 0 aliphatic rings. The number of hydrazone groups is 1. The van der Waals surface area contributed by atoms with Crippen molar-refractivity contribution in [1.29, 1.82) is 0 Å². The molecule has 0 atom stereocenters. The number of rotatable bonds is 7. The van der Waals surface area contributed by atoms with Crippen LogP contribution in [0.5, 0.6) is 0 Å². The van der Waals surface area contributed by atoms with Crippen LogP contribution < -0.4 is 10.3 Å². The first kappa shape index (κ1) is 19.6. The number of imidazole rings is 1. The molecule has 0 spiro atoms. The third-order valence-electron chi connectivity index (χ3n) is 4.67. The number of nitrogens with zero attached hydrogens (tertiary/aromatic N) is 4. The molecular weight excluding hydrogens is 354 g/mol. The van der Waals surface area contributed by atoms with Gasteiger partial charge in [0.15, 0.2) is 0 Å². The van der Waals surface area contributed by atoms with Crippen molar-refractivity contribution in [3.05, 3.63) is 59.4 Å². The third-order valence-corrected chi connectivity index (χ3v) is 4.67. The van der Waals surface area contributed by atoms with E-state index in [-0.39, 0.29) is 12.5 Å². The maximum absolute atomic E-state index is 12.4. The van der Waals surface area contributed by atoms with Crippen LogP contribution in [0.25, 0.3) is 11.0 Å². The van der Waals surface area contributed by atoms with E-state index < -0.39 is 0 Å². The van der Waals surface area contributed by atoms with Gasteiger partial charge in [0.05, 0.1) is 23.9 Å². The predicted molar refractivity (Wildman–Crippen MR) is 112 cm³/mol. The van der Waals surface area contributed by atoms with Gasteiger partial charge in [-0.2, -0.15) is 5.10 Å². The molecule has 3 rings (SSSR count). The Hall–Kier alpha value is -3.19. The van der Waals surface area contributed by atoms with Gasteiger partial charge in [-0.25, -0.2) is 10.4 Å². The van der Waals surface area contributed by atoms with Crippen LogP contribution in [0.2, 0.25) is 0 Å². The van der Waals surface area contributed by atoms with Gasteiger partial charge in [0, 0.05) is 31.4 Å². The van der Waals surface area contributed by atoms with E-state index in [1.807, 2.05) is 49.2 Å². The molecular formula is C21H25N5O2. The van der Waals surface area contributed by atoms with Crippen LogP contribution >= 0.6 is 0 Å². The molecule has 0 unspecified atom stereocenters. The number of amides is 1. The molecule has 146 valence electrons. The van der Waals surface area contributed by atoms with Crippen LogP contribution in [-0.2, 0) is 6.54 Å². The fourth-order valence-electron chi connectivity index (χ4n) is 3.11. The number of aryl methyl sites for hydroxylation is 2. The Morgan fingerprint density at radius 1 is 1.29 bits per heavy atom. The van der Waals surface area contributed by atoms with Crippen LogP contribution in [-0.4, -0.2) is 47.0 Å². The molecule has 2 N–H and O–H groups in total. The van der Waals surface area contributed by atoms with Crippen molar-refractivity contribution >= 4 is 28.8 Å². The van der Waals surface area contributed by atoms with Crippen LogP contribution in [0.4, 0.5) is 5.69 Å². The molecule has 3 aromatic rings. The molecule has 1 amide bonds. The zero-order chi connectivity index (χ0) is 20.1. The number of aliphatic hydroxyl groups is 1. The lowest BCUT2D eigenvalue weighted by Crippen LogP contribution is -2.20. The number of likely N-dealkylation sites (N-methyl/N-ethyl adjacent to an activating group) is 1. The number of aromatic nitrogens is 2. The molecule has 0 saturated carbocycles. The molecule has 2 aromatic carbocycles. The van der Waals surface area contributed by atoms with E-state index in [2.05, 4.69) is 27.0 Å². The monoisotopic (exact) mass is 379 g/mol. The molecule has 7 nitrogen and oxygen atoms in total. The smallest absolute Gasteiger partial charge is 0.271 e. The van der Waals surface area contributed by atoms with Crippen molar-refractivity contribution in [1.82, 2.24) is 15.0 Å². The van der Waals surface area contributed by atoms with Gasteiger partial charge in [-0.3, -0.25) is 4.79 Å². The van der Waals surface area contributed by atoms with Crippen molar-refractivity contribution < 1.29 is 9.90 Å². The second-order valence-corrected chi connectivity index (χ2v) is 6.54. The minimum absolute atomic E-state index is 0.107. The van der Waals surface area contributed by atoms with Gasteiger partial charge in [-0.05, 0) is 49.7 Å². The lowest BCUT2D eigenvalue weighted by Gasteiger charge is -2.17. The van der Waals surface area contributed by atoms with Crippen LogP contribution in [0.1, 0.15) is 28.7 Å². The first-order valence-corrected chi connectivity index (χ1v) is 9.26. The van der Waals surface area contributed by atoms with E-state index in [1.54, 1.807) is 18.3 Å². The van der Waals surface area contributed by atoms with Crippen molar-refractivity contribution in [2.75, 3.05) is 25.1 Å². The molecule has 0 aliphatic carbocycles. The molecule has 28 heavy (non-hydrogen) atoms. The van der Waals surface area contributed by atoms with E-state index in [0.29, 0.717) is 12.1 Å². The lowest BCUT2D eigenvalue weighted by atomic mass is 10.2. The molecule has 0 fully saturated rings. The topological polar surface area (TPSA) is 82.8 Å². The Morgan fingerprint density at radius 2 is 2.04 bits per heavy atom. The molecule has 0 aliphatic heterocycles. The minimum Gasteiger partial charge on any atom is -0.395 e. The number of nitrogens with one attached hydrogen (secondary N) is 1. The molecule has 0 saturated heterocycles. The maximum atomic E-state index is 12.4. The quantitative estimate of drug-likeness (QED) is 0.488. The van der Waals surface area contributed by atoms with Gasteiger partial charge in [-0.1, -0.05) is 12.1 Å². The van der Waals surface area contributed by atoms with E-state index in [0.717, 1.165) is 34.7 Å². The maximum Gasteiger partial charge on any atom is 0.271 e. The largest absolute Gasteiger partial charge is 0.395 e. The van der Waals surface area contributed by atoms with E-state index >= 15 is 0 Å². The van der Waals surface area contributed by atoms with Crippen LogP contribution in [0.15, 0.2) is 47.6 Å². The van der Waals surface area contributed by atoms with Crippen LogP contribution in [0.3, 0.4) is 0 Å². The highest BCUT2D eigenvalue weighted by molar-refractivity contribution is 5.98. The van der Waals surface area contributed by atoms with Gasteiger partial charge in [0.2, 0.25) is 0 Å². The Bertz CT molecular complexity index is 992. The summed E-state index contributed by atoms with van der Waals surface area (Å²) in [6.45, 7) is 5.55. The van der Waals surface area contributed by atoms with Gasteiger partial charge in [0.25, 0.3) is 5.91 Å². The Kier molecular flexibility index (Phi) is 6.06. The summed E-state index contributed by atoms with van der Waals surface area (Å²) >= 11 is 0. The van der Waals surface area contributed by atoms with Crippen molar-refractivity contribution in [2.45, 2.75) is 20.4 Å². The second kappa shape index (κ2) is 8.67. The number of anilines is 1. The van der Waals surface area contributed by atoms with E-state index in [9.17, 15) is 4.79 Å². The first-order chi connectivity index (χ1) is 13.5. The highest BCUT2D eigenvalue weighted by Crippen LogP contribution is 2.18. The summed E-state index contributed by atoms with van der Waals surface area (Å²) in [5.41, 5.74) is 6.78. The average molecular weight is 379 g/mol. The molecule has 0 radical (unpaired) electrons. The normalized spacial score (nSPS) is 11.3. The lowest BCUT2D eigenvalue weighted by molar-refractivity contribution is 0.0955. The van der Waals surface area contributed by atoms with Gasteiger partial charge >= 0.3 is 0 Å². The summed E-state index contributed by atoms with van der Waals surface area (Å²) < 4.78 is 2.11. The molecule has 7 heteroatoms. The number of carbonyl (C=O) groups is 1. The highest BCUT2D eigenvalue weighted by Gasteiger charge is 2.10. The van der Waals surface area contributed by atoms with Crippen LogP contribution in [0, 0.1) is 6.92 Å². The summed E-state index contributed by atoms with van der Waals surface area (Å²) in [6, 6.07) is 13.2. The summed E-state index contributed by atoms with van der Waals surface area (Å²) in [6.07, 6.45) is 1.60. The van der Waals surface area contributed by atoms with E-state index in [4.69, 9.17) is 5.11 Å². The van der Waals surface area contributed by atoms with Crippen molar-refractivity contribution in [3.63, 3.8) is 0 Å². The number of fused-ring (bicyclic) bond motifs is 1. The Labute approximate surface area is 164 Å². The number of carbonyl (C=O) groups excluding carboxylic acids is 1. The fraction of sp³-hybridized carbons (Fsp3) is 0.286. The van der Waals surface area contributed by atoms with Crippen molar-refractivity contribution in [2.24, 2.45) is 5.10 Å². The SMILES string of the molecule is CCn1c(C)nc2cc(C(=O)N/N=C/c3ccc(N(C)CCO)cc3)ccc21. The van der Waals surface area contributed by atoms with Gasteiger partial charge in [-0.15, -0.1) is 0 Å². The number of aliphatic hydroxyl groups excluding tert-OH is 1. The number of hydrogen-bond donors (Lipinski definition) is 2. The number of hydrogen-bond acceptors (Lipinski definition) is 5. The Morgan fingerprint density at radius 3 is 2.71 bits per heavy atom. The first-order valence-electron chi connectivity index (χ1n) is 9.26. The Balaban J connectivity index is 1.65. The highest BCUT2D eigenvalue weighted by atomic mass is 16.3. The van der Waals surface area contributed by atoms with Crippen molar-refractivity contribution in [3.8, 4) is 0 Å². The molecule has 1 aromatic heterocycles. The average Bonchev–Trinajstić information content (AvgIpc) is 3.02. The summed E-state index contributed by atoms with van der Waals surface area (Å²) in [7, 11) is 1.92. The standard InChI is InChI=1S/C21H25N5O2/c1-4-26-15(2)23-19-13-17(7-10-20(19)26)21(28)24-22-14-16-5-8-18(9-6-16)25(3)11-12-27/h5-10,13-14,27H,4,11-12H2,1-3H3,(H,24,28)/b22-14+. The predicted octanol–water partition coefficient (Wildman–Crippen LogP) is 2.56. The molecule has 0 bridgehead atoms. The number of benzene rings is 2. The van der Waals surface area contributed by atoms with E-state index in [1.165, 1.54) is 0 Å². The van der Waals surface area contributed by atoms with Gasteiger partial charge < -0.3 is 14.6 Å². The summed E-state index contributed by atoms with van der Waals surface area (Å²) in [4.78, 5) is 18.8. The summed E-state index contributed by atoms with van der Waals surface area (Å²) in [5, 5.41) is 13.0. The minimum atomic E-state index is -0.277. The zero-order valence-electron chi connectivity index (χ0n) is 16.4. The summed E-state index contributed by atoms with van der Waals surface area (Å²) in [5.74, 6) is 0.655. The third kappa shape index (κ3) is 4.20. The fourth-order valence-corrected chi connectivity index (χ4v) is 3.11.